The van der Waals surface area contributed by atoms with Crippen molar-refractivity contribution >= 4 is 17.6 Å². The maximum absolute atomic E-state index is 5.74. The molecule has 1 aromatic carbocycles. The zero-order valence-corrected chi connectivity index (χ0v) is 11.9. The van der Waals surface area contributed by atoms with E-state index in [2.05, 4.69) is 22.2 Å². The number of para-hydroxylation sites is 1. The van der Waals surface area contributed by atoms with Crippen LogP contribution < -0.4 is 10.1 Å². The largest absolute Gasteiger partial charge is 0.439 e. The molecule has 0 radical (unpaired) electrons. The number of nitrogens with one attached hydrogen (secondary N) is 1. The van der Waals surface area contributed by atoms with Crippen molar-refractivity contribution in [3.8, 4) is 11.6 Å². The van der Waals surface area contributed by atoms with Crippen LogP contribution in [-0.2, 0) is 0 Å². The highest BCUT2D eigenvalue weighted by Crippen LogP contribution is 2.23. The second-order valence-corrected chi connectivity index (χ2v) is 4.69. The number of hydrogen-bond acceptors (Lipinski definition) is 5. The van der Waals surface area contributed by atoms with Crippen molar-refractivity contribution in [2.75, 3.05) is 18.1 Å². The van der Waals surface area contributed by atoms with Crippen LogP contribution in [-0.4, -0.2) is 22.8 Å². The maximum Gasteiger partial charge on any atom is 0.225 e. The molecule has 1 N–H and O–H groups in total. The molecule has 0 aliphatic heterocycles. The van der Waals surface area contributed by atoms with Crippen molar-refractivity contribution in [3.05, 3.63) is 36.4 Å². The van der Waals surface area contributed by atoms with Crippen LogP contribution in [0.3, 0.4) is 0 Å². The Hall–Kier alpha value is -1.75. The average Bonchev–Trinajstić information content (AvgIpc) is 2.46. The van der Waals surface area contributed by atoms with Crippen LogP contribution in [0.15, 0.2) is 41.6 Å². The third-order valence-electron chi connectivity index (χ3n) is 2.39. The zero-order chi connectivity index (χ0) is 13.5. The molecule has 100 valence electrons. The summed E-state index contributed by atoms with van der Waals surface area (Å²) in [6.07, 6.45) is 3.00. The van der Waals surface area contributed by atoms with Gasteiger partial charge in [-0.15, -0.1) is 0 Å². The number of ether oxygens (including phenoxy) is 1. The normalized spacial score (nSPS) is 10.2. The Bertz CT molecular complexity index is 519. The number of rotatable bonds is 6. The van der Waals surface area contributed by atoms with Crippen LogP contribution in [0.2, 0.25) is 0 Å². The molecule has 0 fully saturated rings. The number of thioether (sulfide) groups is 1. The quantitative estimate of drug-likeness (QED) is 0.641. The van der Waals surface area contributed by atoms with Gasteiger partial charge in [0.15, 0.2) is 5.16 Å². The van der Waals surface area contributed by atoms with E-state index < -0.39 is 0 Å². The van der Waals surface area contributed by atoms with Gasteiger partial charge in [-0.3, -0.25) is 0 Å². The van der Waals surface area contributed by atoms with E-state index in [1.807, 2.05) is 42.7 Å². The summed E-state index contributed by atoms with van der Waals surface area (Å²) in [7, 11) is 0. The minimum absolute atomic E-state index is 0.559. The number of nitrogens with zero attached hydrogens (tertiary/aromatic N) is 2. The summed E-state index contributed by atoms with van der Waals surface area (Å²) in [6.45, 7) is 3.00. The van der Waals surface area contributed by atoms with E-state index >= 15 is 0 Å². The number of anilines is 1. The van der Waals surface area contributed by atoms with Gasteiger partial charge in [0, 0.05) is 12.6 Å². The number of aromatic nitrogens is 2. The fourth-order valence-corrected chi connectivity index (χ4v) is 1.87. The summed E-state index contributed by atoms with van der Waals surface area (Å²) >= 11 is 1.50. The van der Waals surface area contributed by atoms with Gasteiger partial charge in [0.25, 0.3) is 0 Å². The summed E-state index contributed by atoms with van der Waals surface area (Å²) in [5.41, 5.74) is 0. The summed E-state index contributed by atoms with van der Waals surface area (Å²) in [6, 6.07) is 11.4. The first-order valence-electron chi connectivity index (χ1n) is 6.21. The van der Waals surface area contributed by atoms with Crippen LogP contribution in [0, 0.1) is 0 Å². The minimum atomic E-state index is 0.559. The molecule has 0 amide bonds. The predicted octanol–water partition coefficient (Wildman–Crippen LogP) is 3.81. The zero-order valence-electron chi connectivity index (χ0n) is 11.1. The Morgan fingerprint density at radius 1 is 1.21 bits per heavy atom. The molecule has 1 aromatic heterocycles. The molecule has 0 bridgehead atoms. The van der Waals surface area contributed by atoms with E-state index in [9.17, 15) is 0 Å². The van der Waals surface area contributed by atoms with E-state index in [1.54, 1.807) is 0 Å². The first kappa shape index (κ1) is 13.7. The molecule has 0 unspecified atom stereocenters. The Kier molecular flexibility index (Phi) is 5.03. The lowest BCUT2D eigenvalue weighted by Crippen LogP contribution is -2.04. The van der Waals surface area contributed by atoms with Crippen molar-refractivity contribution in [2.24, 2.45) is 0 Å². The lowest BCUT2D eigenvalue weighted by molar-refractivity contribution is 0.456. The van der Waals surface area contributed by atoms with Gasteiger partial charge in [0.1, 0.15) is 11.6 Å². The highest BCUT2D eigenvalue weighted by atomic mass is 32.2. The molecule has 0 saturated heterocycles. The monoisotopic (exact) mass is 275 g/mol. The van der Waals surface area contributed by atoms with Crippen molar-refractivity contribution in [2.45, 2.75) is 18.5 Å². The highest BCUT2D eigenvalue weighted by molar-refractivity contribution is 7.98. The summed E-state index contributed by atoms with van der Waals surface area (Å²) in [4.78, 5) is 8.74. The maximum atomic E-state index is 5.74. The van der Waals surface area contributed by atoms with Gasteiger partial charge in [-0.1, -0.05) is 36.9 Å². The molecular formula is C14H17N3OS. The minimum Gasteiger partial charge on any atom is -0.439 e. The van der Waals surface area contributed by atoms with Crippen molar-refractivity contribution in [1.82, 2.24) is 9.97 Å². The van der Waals surface area contributed by atoms with Gasteiger partial charge in [-0.25, -0.2) is 4.98 Å². The summed E-state index contributed by atoms with van der Waals surface area (Å²) in [5.74, 6) is 2.13. The Labute approximate surface area is 117 Å². The second kappa shape index (κ2) is 6.99. The van der Waals surface area contributed by atoms with Crippen molar-refractivity contribution in [3.63, 3.8) is 0 Å². The molecule has 19 heavy (non-hydrogen) atoms. The lowest BCUT2D eigenvalue weighted by atomic mass is 10.3. The van der Waals surface area contributed by atoms with E-state index in [0.29, 0.717) is 11.0 Å². The number of hydrogen-bond donors (Lipinski definition) is 1. The van der Waals surface area contributed by atoms with Crippen molar-refractivity contribution in [1.29, 1.82) is 0 Å². The first-order valence-corrected chi connectivity index (χ1v) is 7.44. The molecule has 5 heteroatoms. The number of benzene rings is 1. The topological polar surface area (TPSA) is 47.0 Å². The molecule has 4 nitrogen and oxygen atoms in total. The van der Waals surface area contributed by atoms with Crippen LogP contribution in [0.1, 0.15) is 13.3 Å². The van der Waals surface area contributed by atoms with Crippen LogP contribution in [0.5, 0.6) is 11.6 Å². The molecule has 0 saturated carbocycles. The van der Waals surface area contributed by atoms with Gasteiger partial charge < -0.3 is 10.1 Å². The smallest absolute Gasteiger partial charge is 0.225 e. The molecule has 0 spiro atoms. The molecule has 0 aliphatic carbocycles. The Morgan fingerprint density at radius 2 is 2.00 bits per heavy atom. The Morgan fingerprint density at radius 3 is 2.68 bits per heavy atom. The standard InChI is InChI=1S/C14H17N3OS/c1-3-9-15-12-10-13(17-14(16-12)19-2)18-11-7-5-4-6-8-11/h4-8,10H,3,9H2,1-2H3,(H,15,16,17). The Balaban J connectivity index is 2.19. The van der Waals surface area contributed by atoms with E-state index in [-0.39, 0.29) is 0 Å². The van der Waals surface area contributed by atoms with Crippen molar-refractivity contribution < 1.29 is 4.74 Å². The van der Waals surface area contributed by atoms with Gasteiger partial charge in [-0.05, 0) is 24.8 Å². The fourth-order valence-electron chi connectivity index (χ4n) is 1.50. The highest BCUT2D eigenvalue weighted by Gasteiger charge is 2.05. The fraction of sp³-hybridized carbons (Fsp3) is 0.286. The van der Waals surface area contributed by atoms with Crippen LogP contribution >= 0.6 is 11.8 Å². The van der Waals surface area contributed by atoms with E-state index in [1.165, 1.54) is 11.8 Å². The van der Waals surface area contributed by atoms with Crippen LogP contribution in [0.4, 0.5) is 5.82 Å². The third-order valence-corrected chi connectivity index (χ3v) is 2.93. The molecule has 1 heterocycles. The van der Waals surface area contributed by atoms with Gasteiger partial charge in [0.2, 0.25) is 5.88 Å². The van der Waals surface area contributed by atoms with E-state index in [0.717, 1.165) is 24.5 Å². The lowest BCUT2D eigenvalue weighted by Gasteiger charge is -2.09. The second-order valence-electron chi connectivity index (χ2n) is 3.92. The molecule has 0 aliphatic rings. The molecule has 0 atom stereocenters. The van der Waals surface area contributed by atoms with Gasteiger partial charge in [-0.2, -0.15) is 4.98 Å². The summed E-state index contributed by atoms with van der Waals surface area (Å²) in [5, 5.41) is 3.95. The molecular weight excluding hydrogens is 258 g/mol. The van der Waals surface area contributed by atoms with E-state index in [4.69, 9.17) is 4.74 Å². The third kappa shape index (κ3) is 4.13. The molecule has 2 rings (SSSR count). The molecule has 2 aromatic rings. The van der Waals surface area contributed by atoms with Crippen LogP contribution in [0.25, 0.3) is 0 Å². The SMILES string of the molecule is CCCNc1cc(Oc2ccccc2)nc(SC)n1. The van der Waals surface area contributed by atoms with Gasteiger partial charge >= 0.3 is 0 Å². The predicted molar refractivity (Wildman–Crippen MR) is 79.1 cm³/mol. The average molecular weight is 275 g/mol. The summed E-state index contributed by atoms with van der Waals surface area (Å²) < 4.78 is 5.74. The van der Waals surface area contributed by atoms with Gasteiger partial charge in [0.05, 0.1) is 0 Å². The first-order chi connectivity index (χ1) is 9.31.